The Bertz CT molecular complexity index is 816. The Balaban J connectivity index is 2.26. The van der Waals surface area contributed by atoms with Gasteiger partial charge in [0.05, 0.1) is 39.8 Å². The van der Waals surface area contributed by atoms with E-state index in [1.54, 1.807) is 25.3 Å². The van der Waals surface area contributed by atoms with E-state index in [0.29, 0.717) is 34.8 Å². The molecule has 2 heterocycles. The summed E-state index contributed by atoms with van der Waals surface area (Å²) in [6.07, 6.45) is 1.47. The summed E-state index contributed by atoms with van der Waals surface area (Å²) in [6.45, 7) is 2.00. The molecule has 0 bridgehead atoms. The fourth-order valence-electron chi connectivity index (χ4n) is 2.68. The van der Waals surface area contributed by atoms with Gasteiger partial charge >= 0.3 is 0 Å². The van der Waals surface area contributed by atoms with Gasteiger partial charge < -0.3 is 16.2 Å². The highest BCUT2D eigenvalue weighted by atomic mass is 32.2. The molecule has 4 N–H and O–H groups in total. The van der Waals surface area contributed by atoms with Gasteiger partial charge in [0.25, 0.3) is 0 Å². The van der Waals surface area contributed by atoms with Gasteiger partial charge in [-0.05, 0) is 31.0 Å². The lowest BCUT2D eigenvalue weighted by atomic mass is 10.0. The number of benzene rings is 1. The maximum Gasteiger partial charge on any atom is 0.179 e. The molecule has 1 atom stereocenters. The van der Waals surface area contributed by atoms with Crippen LogP contribution in [-0.4, -0.2) is 36.9 Å². The zero-order chi connectivity index (χ0) is 15.2. The topological polar surface area (TPSA) is 105 Å². The number of aliphatic hydroxyl groups is 1. The van der Waals surface area contributed by atoms with E-state index in [1.807, 2.05) is 0 Å². The van der Waals surface area contributed by atoms with Gasteiger partial charge in [-0.15, -0.1) is 0 Å². The van der Waals surface area contributed by atoms with Gasteiger partial charge in [0.2, 0.25) is 0 Å². The van der Waals surface area contributed by atoms with Crippen LogP contribution in [0.15, 0.2) is 23.2 Å². The Labute approximate surface area is 122 Å². The van der Waals surface area contributed by atoms with Gasteiger partial charge in [0.15, 0.2) is 9.84 Å². The molecule has 112 valence electrons. The normalized spacial score (nSPS) is 17.6. The van der Waals surface area contributed by atoms with E-state index in [-0.39, 0.29) is 5.75 Å². The van der Waals surface area contributed by atoms with Crippen molar-refractivity contribution in [1.82, 2.24) is 4.98 Å². The van der Waals surface area contributed by atoms with E-state index in [9.17, 15) is 13.5 Å². The van der Waals surface area contributed by atoms with Crippen molar-refractivity contribution in [3.8, 4) is 0 Å². The Morgan fingerprint density at radius 2 is 2.24 bits per heavy atom. The maximum atomic E-state index is 12.0. The number of nitrogens with zero attached hydrogens (tertiary/aromatic N) is 1. The van der Waals surface area contributed by atoms with Crippen molar-refractivity contribution < 1.29 is 13.5 Å². The number of aryl methyl sites for hydroxylation is 1. The van der Waals surface area contributed by atoms with Crippen molar-refractivity contribution in [3.63, 3.8) is 0 Å². The molecular formula is C14H17N3O3S. The van der Waals surface area contributed by atoms with Gasteiger partial charge in [-0.1, -0.05) is 0 Å². The van der Waals surface area contributed by atoms with Crippen LogP contribution in [0.25, 0.3) is 10.9 Å². The molecule has 1 aromatic heterocycles. The smallest absolute Gasteiger partial charge is 0.179 e. The summed E-state index contributed by atoms with van der Waals surface area (Å²) in [5.41, 5.74) is 8.54. The van der Waals surface area contributed by atoms with Crippen molar-refractivity contribution in [1.29, 1.82) is 0 Å². The summed E-state index contributed by atoms with van der Waals surface area (Å²) in [7, 11) is -3.20. The molecule has 21 heavy (non-hydrogen) atoms. The van der Waals surface area contributed by atoms with Gasteiger partial charge in [-0.2, -0.15) is 0 Å². The molecule has 1 aliphatic rings. The number of nitrogen functional groups attached to an aromatic ring is 1. The van der Waals surface area contributed by atoms with Crippen LogP contribution in [0.4, 0.5) is 11.4 Å². The SMILES string of the molecule is C[C@@H](O)CNc1c(N)cnc2ccc3c(c12)CCS3(=O)=O. The highest BCUT2D eigenvalue weighted by molar-refractivity contribution is 7.91. The van der Waals surface area contributed by atoms with Gasteiger partial charge in [-0.3, -0.25) is 4.98 Å². The molecule has 0 saturated heterocycles. The van der Waals surface area contributed by atoms with Crippen LogP contribution < -0.4 is 11.1 Å². The monoisotopic (exact) mass is 307 g/mol. The van der Waals surface area contributed by atoms with Crippen LogP contribution in [0.5, 0.6) is 0 Å². The molecule has 6 nitrogen and oxygen atoms in total. The number of hydrogen-bond donors (Lipinski definition) is 3. The number of hydrogen-bond acceptors (Lipinski definition) is 6. The molecule has 2 aromatic rings. The van der Waals surface area contributed by atoms with E-state index < -0.39 is 15.9 Å². The number of nitrogens with one attached hydrogen (secondary N) is 1. The number of nitrogens with two attached hydrogens (primary N) is 1. The van der Waals surface area contributed by atoms with Crippen LogP contribution in [-0.2, 0) is 16.3 Å². The number of pyridine rings is 1. The van der Waals surface area contributed by atoms with Crippen LogP contribution in [0.2, 0.25) is 0 Å². The summed E-state index contributed by atoms with van der Waals surface area (Å²) in [4.78, 5) is 4.63. The predicted molar refractivity (Wildman–Crippen MR) is 82.1 cm³/mol. The molecule has 0 amide bonds. The lowest BCUT2D eigenvalue weighted by Crippen LogP contribution is -2.16. The number of aromatic nitrogens is 1. The van der Waals surface area contributed by atoms with Crippen molar-refractivity contribution in [2.45, 2.75) is 24.3 Å². The van der Waals surface area contributed by atoms with E-state index in [4.69, 9.17) is 5.73 Å². The predicted octanol–water partition coefficient (Wildman–Crippen LogP) is 0.940. The molecule has 0 spiro atoms. The summed E-state index contributed by atoms with van der Waals surface area (Å²) in [5.74, 6) is 0.117. The Kier molecular flexibility index (Phi) is 3.26. The van der Waals surface area contributed by atoms with Crippen LogP contribution >= 0.6 is 0 Å². The fraction of sp³-hybridized carbons (Fsp3) is 0.357. The minimum absolute atomic E-state index is 0.117. The second-order valence-corrected chi connectivity index (χ2v) is 7.40. The highest BCUT2D eigenvalue weighted by Crippen LogP contribution is 2.37. The minimum Gasteiger partial charge on any atom is -0.396 e. The van der Waals surface area contributed by atoms with E-state index in [0.717, 1.165) is 10.9 Å². The third kappa shape index (κ3) is 2.32. The Hall–Kier alpha value is -1.86. The van der Waals surface area contributed by atoms with Gasteiger partial charge in [-0.25, -0.2) is 8.42 Å². The van der Waals surface area contributed by atoms with Crippen LogP contribution in [0.1, 0.15) is 12.5 Å². The average Bonchev–Trinajstić information content (AvgIpc) is 2.73. The molecule has 1 aromatic carbocycles. The zero-order valence-electron chi connectivity index (χ0n) is 11.6. The largest absolute Gasteiger partial charge is 0.396 e. The van der Waals surface area contributed by atoms with Crippen LogP contribution in [0.3, 0.4) is 0 Å². The Morgan fingerprint density at radius 3 is 2.95 bits per heavy atom. The second kappa shape index (κ2) is 4.85. The molecule has 1 aliphatic heterocycles. The van der Waals surface area contributed by atoms with E-state index >= 15 is 0 Å². The fourth-order valence-corrected chi connectivity index (χ4v) is 4.22. The van der Waals surface area contributed by atoms with Crippen molar-refractivity contribution in [2.75, 3.05) is 23.3 Å². The van der Waals surface area contributed by atoms with Gasteiger partial charge in [0, 0.05) is 11.9 Å². The first kappa shape index (κ1) is 14.1. The highest BCUT2D eigenvalue weighted by Gasteiger charge is 2.29. The average molecular weight is 307 g/mol. The first-order chi connectivity index (χ1) is 9.90. The standard InChI is InChI=1S/C14H17N3O3S/c1-8(18)6-17-14-10(15)7-16-11-2-3-12-9(13(11)14)4-5-21(12,19)20/h2-3,7-8,18H,4-6,15H2,1H3,(H,16,17)/t8-/m1/s1. The van der Waals surface area contributed by atoms with E-state index in [2.05, 4.69) is 10.3 Å². The number of sulfone groups is 1. The Morgan fingerprint density at radius 1 is 1.48 bits per heavy atom. The first-order valence-corrected chi connectivity index (χ1v) is 8.40. The lowest BCUT2D eigenvalue weighted by molar-refractivity contribution is 0.208. The number of anilines is 2. The second-order valence-electron chi connectivity index (χ2n) is 5.32. The van der Waals surface area contributed by atoms with Gasteiger partial charge in [0.1, 0.15) is 0 Å². The molecule has 7 heteroatoms. The van der Waals surface area contributed by atoms with Crippen LogP contribution in [0, 0.1) is 0 Å². The van der Waals surface area contributed by atoms with Crippen molar-refractivity contribution >= 4 is 32.1 Å². The molecule has 0 radical (unpaired) electrons. The number of rotatable bonds is 3. The summed E-state index contributed by atoms with van der Waals surface area (Å²) >= 11 is 0. The van der Waals surface area contributed by atoms with Crippen molar-refractivity contribution in [2.24, 2.45) is 0 Å². The maximum absolute atomic E-state index is 12.0. The molecule has 0 saturated carbocycles. The summed E-state index contributed by atoms with van der Waals surface area (Å²) in [6, 6.07) is 3.31. The first-order valence-electron chi connectivity index (χ1n) is 6.75. The quantitative estimate of drug-likeness (QED) is 0.779. The number of fused-ring (bicyclic) bond motifs is 3. The number of aliphatic hydroxyl groups excluding tert-OH is 1. The van der Waals surface area contributed by atoms with Crippen molar-refractivity contribution in [3.05, 3.63) is 23.9 Å². The third-order valence-electron chi connectivity index (χ3n) is 3.66. The molecule has 0 fully saturated rings. The van der Waals surface area contributed by atoms with E-state index in [1.165, 1.54) is 0 Å². The minimum atomic E-state index is -3.20. The third-order valence-corrected chi connectivity index (χ3v) is 5.45. The molecule has 0 aliphatic carbocycles. The summed E-state index contributed by atoms with van der Waals surface area (Å²) in [5, 5.41) is 13.3. The molecule has 0 unspecified atom stereocenters. The molecular weight excluding hydrogens is 290 g/mol. The lowest BCUT2D eigenvalue weighted by Gasteiger charge is -2.15. The molecule has 3 rings (SSSR count). The summed E-state index contributed by atoms with van der Waals surface area (Å²) < 4.78 is 24.1. The zero-order valence-corrected chi connectivity index (χ0v) is 12.4.